The van der Waals surface area contributed by atoms with E-state index in [4.69, 9.17) is 19.4 Å². The topological polar surface area (TPSA) is 61.7 Å². The van der Waals surface area contributed by atoms with Gasteiger partial charge < -0.3 is 13.6 Å². The fourth-order valence-electron chi connectivity index (χ4n) is 10.2. The highest BCUT2D eigenvalue weighted by Gasteiger charge is 2.24. The van der Waals surface area contributed by atoms with Crippen LogP contribution in [-0.2, 0) is 0 Å². The van der Waals surface area contributed by atoms with Crippen LogP contribution in [0.5, 0.6) is 0 Å². The molecule has 0 aliphatic carbocycles. The van der Waals surface area contributed by atoms with Gasteiger partial charge in [-0.3, -0.25) is 0 Å². The molecule has 0 spiro atoms. The first-order valence-electron chi connectivity index (χ1n) is 21.9. The number of benzene rings is 10. The third-order valence-corrected chi connectivity index (χ3v) is 13.1. The van der Waals surface area contributed by atoms with Crippen molar-refractivity contribution in [3.8, 4) is 45.5 Å². The molecular weight excluding hydrogens is 795 g/mol. The second kappa shape index (κ2) is 13.8. The average Bonchev–Trinajstić information content (AvgIpc) is 4.02. The number of hydrogen-bond donors (Lipinski definition) is 0. The van der Waals surface area contributed by atoms with Crippen LogP contribution >= 0.6 is 0 Å². The summed E-state index contributed by atoms with van der Waals surface area (Å²) in [6.07, 6.45) is 0. The minimum atomic E-state index is 0.565. The van der Waals surface area contributed by atoms with Crippen molar-refractivity contribution in [2.75, 3.05) is 0 Å². The summed E-state index contributed by atoms with van der Waals surface area (Å²) in [7, 11) is 0. The minimum absolute atomic E-state index is 0.565. The predicted octanol–water partition coefficient (Wildman–Crippen LogP) is 15.3. The summed E-state index contributed by atoms with van der Waals surface area (Å²) in [6, 6.07) is 75.0. The highest BCUT2D eigenvalue weighted by atomic mass is 16.3. The lowest BCUT2D eigenvalue weighted by Crippen LogP contribution is -2.04. The van der Waals surface area contributed by atoms with Gasteiger partial charge in [0.05, 0.1) is 27.8 Å². The maximum absolute atomic E-state index is 6.66. The van der Waals surface area contributed by atoms with Crippen molar-refractivity contribution in [1.29, 1.82) is 0 Å². The van der Waals surface area contributed by atoms with E-state index in [2.05, 4.69) is 209 Å². The largest absolute Gasteiger partial charge is 0.456 e. The van der Waals surface area contributed by atoms with E-state index in [9.17, 15) is 0 Å². The van der Waals surface area contributed by atoms with E-state index in [-0.39, 0.29) is 0 Å². The van der Waals surface area contributed by atoms with Gasteiger partial charge in [-0.25, -0.2) is 15.0 Å². The van der Waals surface area contributed by atoms with Gasteiger partial charge in [-0.1, -0.05) is 152 Å². The summed E-state index contributed by atoms with van der Waals surface area (Å²) in [4.78, 5) is 16.4. The molecule has 302 valence electrons. The lowest BCUT2D eigenvalue weighted by Gasteiger charge is -2.16. The summed E-state index contributed by atoms with van der Waals surface area (Å²) in [6.45, 7) is 0. The molecule has 0 fully saturated rings. The average molecular weight is 830 g/mol. The Hall–Kier alpha value is -8.87. The zero-order valence-electron chi connectivity index (χ0n) is 34.9. The van der Waals surface area contributed by atoms with Gasteiger partial charge in [-0.15, -0.1) is 0 Å². The van der Waals surface area contributed by atoms with E-state index < -0.39 is 0 Å². The summed E-state index contributed by atoms with van der Waals surface area (Å²) < 4.78 is 11.4. The van der Waals surface area contributed by atoms with Gasteiger partial charge in [0.15, 0.2) is 17.5 Å². The Morgan fingerprint density at radius 1 is 0.308 bits per heavy atom. The van der Waals surface area contributed by atoms with Gasteiger partial charge in [-0.05, 0) is 76.1 Å². The van der Waals surface area contributed by atoms with E-state index in [1.54, 1.807) is 0 Å². The van der Waals surface area contributed by atoms with Crippen LogP contribution in [-0.4, -0.2) is 24.1 Å². The normalized spacial score (nSPS) is 12.0. The molecule has 0 saturated heterocycles. The van der Waals surface area contributed by atoms with Gasteiger partial charge in [0.1, 0.15) is 11.2 Å². The van der Waals surface area contributed by atoms with Gasteiger partial charge >= 0.3 is 0 Å². The Labute approximate surface area is 371 Å². The molecule has 6 nitrogen and oxygen atoms in total. The zero-order chi connectivity index (χ0) is 42.6. The highest BCUT2D eigenvalue weighted by Crippen LogP contribution is 2.42. The van der Waals surface area contributed by atoms with Crippen LogP contribution in [0.25, 0.3) is 133 Å². The first-order valence-corrected chi connectivity index (χ1v) is 21.9. The molecule has 4 heterocycles. The molecule has 0 saturated carbocycles. The predicted molar refractivity (Wildman–Crippen MR) is 267 cm³/mol. The molecule has 0 radical (unpaired) electrons. The van der Waals surface area contributed by atoms with Crippen molar-refractivity contribution in [3.05, 3.63) is 212 Å². The molecule has 0 amide bonds. The fourth-order valence-corrected chi connectivity index (χ4v) is 10.2. The van der Waals surface area contributed by atoms with Gasteiger partial charge in [0, 0.05) is 60.8 Å². The molecule has 0 aliphatic rings. The highest BCUT2D eigenvalue weighted by molar-refractivity contribution is 6.15. The number of rotatable bonds is 5. The summed E-state index contributed by atoms with van der Waals surface area (Å²) >= 11 is 0. The number of hydrogen-bond acceptors (Lipinski definition) is 4. The Bertz CT molecular complexity index is 4250. The Kier molecular flexibility index (Phi) is 7.59. The van der Waals surface area contributed by atoms with E-state index >= 15 is 0 Å². The van der Waals surface area contributed by atoms with Crippen LogP contribution in [0.15, 0.2) is 217 Å². The number of fused-ring (bicyclic) bond motifs is 11. The molecular formula is C59H35N5O. The smallest absolute Gasteiger partial charge is 0.166 e. The third kappa shape index (κ3) is 5.44. The Morgan fingerprint density at radius 2 is 0.892 bits per heavy atom. The lowest BCUT2D eigenvalue weighted by molar-refractivity contribution is 0.668. The Balaban J connectivity index is 1.10. The number of nitrogens with zero attached hydrogens (tertiary/aromatic N) is 5. The molecule has 0 atom stereocenters. The van der Waals surface area contributed by atoms with Crippen LogP contribution in [0.2, 0.25) is 0 Å². The quantitative estimate of drug-likeness (QED) is 0.173. The number of para-hydroxylation sites is 4. The second-order valence-corrected chi connectivity index (χ2v) is 16.8. The van der Waals surface area contributed by atoms with Gasteiger partial charge in [0.25, 0.3) is 0 Å². The standard InChI is InChI=1S/C59H35N5O/c1-2-19-40(20-3-1)63-50-26-11-8-22-42(50)44-30-29-39(33-52(44)63)57-60-58(46-25-14-18-36-15-6-7-21-41(36)46)62-59(61-57)49-34-48-45-24-10-13-28-55(45)65-56(48)35-54(49)64-51-27-12-9-23-43(51)47-31-37-16-4-5-17-38(37)32-53(47)64/h1-35H. The SMILES string of the molecule is c1ccc(-n2c3ccccc3c3ccc(-c4nc(-c5cc6c(cc5-n5c7ccccc7c7cc8ccccc8cc75)oc5ccccc56)nc(-c5cccc6ccccc56)n4)cc32)cc1. The first-order chi connectivity index (χ1) is 32.2. The van der Waals surface area contributed by atoms with Gasteiger partial charge in [-0.2, -0.15) is 0 Å². The molecule has 14 rings (SSSR count). The molecule has 0 N–H and O–H groups in total. The van der Waals surface area contributed by atoms with E-state index in [1.165, 1.54) is 26.9 Å². The molecule has 4 aromatic heterocycles. The molecule has 14 aromatic rings. The van der Waals surface area contributed by atoms with Crippen molar-refractivity contribution >= 4 is 87.1 Å². The fraction of sp³-hybridized carbons (Fsp3) is 0. The number of aromatic nitrogens is 5. The van der Waals surface area contributed by atoms with Crippen LogP contribution in [0, 0.1) is 0 Å². The molecule has 0 aliphatic heterocycles. The first kappa shape index (κ1) is 35.7. The Morgan fingerprint density at radius 3 is 1.71 bits per heavy atom. The van der Waals surface area contributed by atoms with E-state index in [1.807, 2.05) is 12.1 Å². The number of furan rings is 1. The van der Waals surface area contributed by atoms with Crippen molar-refractivity contribution in [1.82, 2.24) is 24.1 Å². The van der Waals surface area contributed by atoms with Crippen LogP contribution < -0.4 is 0 Å². The van der Waals surface area contributed by atoms with Crippen LogP contribution in [0.3, 0.4) is 0 Å². The maximum Gasteiger partial charge on any atom is 0.166 e. The third-order valence-electron chi connectivity index (χ3n) is 13.1. The van der Waals surface area contributed by atoms with Crippen LogP contribution in [0.1, 0.15) is 0 Å². The monoisotopic (exact) mass is 829 g/mol. The maximum atomic E-state index is 6.66. The van der Waals surface area contributed by atoms with Crippen molar-refractivity contribution < 1.29 is 4.42 Å². The van der Waals surface area contributed by atoms with Crippen molar-refractivity contribution in [3.63, 3.8) is 0 Å². The molecule has 6 heteroatoms. The molecule has 0 bridgehead atoms. The van der Waals surface area contributed by atoms with Crippen molar-refractivity contribution in [2.24, 2.45) is 0 Å². The van der Waals surface area contributed by atoms with E-state index in [0.29, 0.717) is 17.5 Å². The summed E-state index contributed by atoms with van der Waals surface area (Å²) in [5.74, 6) is 1.75. The molecule has 65 heavy (non-hydrogen) atoms. The minimum Gasteiger partial charge on any atom is -0.456 e. The summed E-state index contributed by atoms with van der Waals surface area (Å²) in [5, 5.41) is 11.3. The summed E-state index contributed by atoms with van der Waals surface area (Å²) in [5.41, 5.74) is 10.7. The molecule has 0 unspecified atom stereocenters. The second-order valence-electron chi connectivity index (χ2n) is 16.8. The molecule has 10 aromatic carbocycles. The lowest BCUT2D eigenvalue weighted by atomic mass is 10.0. The zero-order valence-corrected chi connectivity index (χ0v) is 34.9. The van der Waals surface area contributed by atoms with E-state index in [0.717, 1.165) is 88.2 Å². The van der Waals surface area contributed by atoms with Crippen molar-refractivity contribution in [2.45, 2.75) is 0 Å². The van der Waals surface area contributed by atoms with Crippen LogP contribution in [0.4, 0.5) is 0 Å². The van der Waals surface area contributed by atoms with Gasteiger partial charge in [0.2, 0.25) is 0 Å².